The molecule has 6 nitrogen and oxygen atoms in total. The fourth-order valence-corrected chi connectivity index (χ4v) is 3.31. The Balaban J connectivity index is 0.000000280. The number of benzene rings is 2. The van der Waals surface area contributed by atoms with E-state index >= 15 is 0 Å². The van der Waals surface area contributed by atoms with E-state index in [4.69, 9.17) is 21.8 Å². The number of primary amides is 1. The van der Waals surface area contributed by atoms with Crippen LogP contribution in [-0.4, -0.2) is 30.8 Å². The lowest BCUT2D eigenvalue weighted by Gasteiger charge is -2.02. The molecule has 0 fully saturated rings. The van der Waals surface area contributed by atoms with Crippen molar-refractivity contribution < 1.29 is 19.4 Å². The Morgan fingerprint density at radius 3 is 2.27 bits per heavy atom. The molecule has 3 aromatic rings. The zero-order chi connectivity index (χ0) is 22.7. The summed E-state index contributed by atoms with van der Waals surface area (Å²) in [5.41, 5.74) is 8.33. The van der Waals surface area contributed by atoms with Crippen LogP contribution in [0.25, 0.3) is 10.4 Å². The quantitative estimate of drug-likeness (QED) is 0.299. The summed E-state index contributed by atoms with van der Waals surface area (Å²) in [6, 6.07) is 12.9. The van der Waals surface area contributed by atoms with Crippen LogP contribution in [0.2, 0.25) is 5.02 Å². The van der Waals surface area contributed by atoms with E-state index in [-0.39, 0.29) is 18.1 Å². The van der Waals surface area contributed by atoms with Crippen molar-refractivity contribution in [3.05, 3.63) is 75.1 Å². The number of nitrogens with two attached hydrogens (primary N) is 1. The molecule has 0 radical (unpaired) electrons. The first-order chi connectivity index (χ1) is 14.3. The predicted octanol–water partition coefficient (Wildman–Crippen LogP) is 4.96. The molecule has 0 atom stereocenters. The molecular weight excluding hydrogens is 424 g/mol. The van der Waals surface area contributed by atoms with Gasteiger partial charge in [0.2, 0.25) is 6.41 Å². The van der Waals surface area contributed by atoms with Gasteiger partial charge in [-0.05, 0) is 43.2 Å². The van der Waals surface area contributed by atoms with Gasteiger partial charge in [0.1, 0.15) is 5.75 Å². The summed E-state index contributed by atoms with van der Waals surface area (Å²) in [4.78, 5) is 20.2. The van der Waals surface area contributed by atoms with Crippen molar-refractivity contribution in [3.8, 4) is 16.2 Å². The van der Waals surface area contributed by atoms with E-state index in [2.05, 4.69) is 10.5 Å². The smallest absolute Gasteiger partial charge is 0.337 e. The number of nitrogens with one attached hydrogen (secondary N) is 1. The van der Waals surface area contributed by atoms with E-state index in [9.17, 15) is 9.90 Å². The van der Waals surface area contributed by atoms with Gasteiger partial charge in [0.25, 0.3) is 0 Å². The molecule has 158 valence electrons. The van der Waals surface area contributed by atoms with Gasteiger partial charge in [0.15, 0.2) is 0 Å². The highest BCUT2D eigenvalue weighted by Gasteiger charge is 2.11. The van der Waals surface area contributed by atoms with E-state index in [1.54, 1.807) is 17.5 Å². The molecule has 2 aromatic carbocycles. The lowest BCUT2D eigenvalue weighted by molar-refractivity contribution is -0.106. The van der Waals surface area contributed by atoms with Gasteiger partial charge in [-0.1, -0.05) is 41.4 Å². The molecule has 0 saturated carbocycles. The number of methoxy groups -OCH3 is 1. The van der Waals surface area contributed by atoms with Gasteiger partial charge >= 0.3 is 5.97 Å². The van der Waals surface area contributed by atoms with Crippen LogP contribution in [0.5, 0.6) is 5.75 Å². The summed E-state index contributed by atoms with van der Waals surface area (Å²) in [5.74, 6) is -0.134. The number of aryl methyl sites for hydroxylation is 2. The summed E-state index contributed by atoms with van der Waals surface area (Å²) in [5, 5.41) is 19.4. The third-order valence-corrected chi connectivity index (χ3v) is 5.30. The number of ether oxygens (including phenoxy) is 1. The standard InChI is InChI=1S/C12H10ClNOS.C9H10O2.CH3NO/c1-7-2-3-8(4-10(7)13)12-11(15)9(5-14)6-16-12;1-7-3-5-8(6-4-7)9(10)11-2;2-1-3/h2-6,14-15H,1H3;3-6H,1-2H3;1H,(H2,2,3). The van der Waals surface area contributed by atoms with Crippen LogP contribution in [0.3, 0.4) is 0 Å². The maximum atomic E-state index is 10.9. The summed E-state index contributed by atoms with van der Waals surface area (Å²) in [6.45, 7) is 3.91. The van der Waals surface area contributed by atoms with Gasteiger partial charge in [0.05, 0.1) is 17.6 Å². The second-order valence-electron chi connectivity index (χ2n) is 5.97. The highest BCUT2D eigenvalue weighted by Crippen LogP contribution is 2.38. The minimum Gasteiger partial charge on any atom is -0.506 e. The van der Waals surface area contributed by atoms with Crippen LogP contribution in [-0.2, 0) is 9.53 Å². The Bertz CT molecular complexity index is 1000. The third kappa shape index (κ3) is 7.02. The molecule has 0 aliphatic carbocycles. The SMILES string of the molecule is COC(=O)c1ccc(C)cc1.Cc1ccc(-c2scc(C=N)c2O)cc1Cl.NC=O. The van der Waals surface area contributed by atoms with Crippen molar-refractivity contribution in [1.82, 2.24) is 0 Å². The maximum Gasteiger partial charge on any atom is 0.337 e. The Labute approximate surface area is 184 Å². The van der Waals surface area contributed by atoms with Crippen LogP contribution in [0.15, 0.2) is 47.8 Å². The molecule has 0 spiro atoms. The van der Waals surface area contributed by atoms with Gasteiger partial charge in [-0.3, -0.25) is 4.79 Å². The Morgan fingerprint density at radius 2 is 1.80 bits per heavy atom. The molecule has 0 unspecified atom stereocenters. The second-order valence-corrected chi connectivity index (χ2v) is 7.26. The van der Waals surface area contributed by atoms with Crippen LogP contribution >= 0.6 is 22.9 Å². The van der Waals surface area contributed by atoms with E-state index in [0.29, 0.717) is 16.1 Å². The van der Waals surface area contributed by atoms with Gasteiger partial charge < -0.3 is 21.0 Å². The van der Waals surface area contributed by atoms with Gasteiger partial charge in [-0.15, -0.1) is 11.3 Å². The van der Waals surface area contributed by atoms with Crippen LogP contribution in [0.1, 0.15) is 27.0 Å². The molecule has 0 saturated heterocycles. The largest absolute Gasteiger partial charge is 0.506 e. The Kier molecular flexibility index (Phi) is 10.3. The highest BCUT2D eigenvalue weighted by molar-refractivity contribution is 7.14. The van der Waals surface area contributed by atoms with E-state index < -0.39 is 0 Å². The maximum absolute atomic E-state index is 10.9. The zero-order valence-corrected chi connectivity index (χ0v) is 18.4. The number of hydrogen-bond acceptors (Lipinski definition) is 6. The number of rotatable bonds is 3. The average molecular weight is 447 g/mol. The number of aromatic hydroxyl groups is 1. The number of amides is 1. The van der Waals surface area contributed by atoms with Crippen LogP contribution < -0.4 is 5.73 Å². The third-order valence-electron chi connectivity index (χ3n) is 3.85. The molecule has 1 heterocycles. The minimum absolute atomic E-state index is 0.153. The summed E-state index contributed by atoms with van der Waals surface area (Å²) < 4.78 is 4.54. The summed E-state index contributed by atoms with van der Waals surface area (Å²) in [6.07, 6.45) is 1.39. The van der Waals surface area contributed by atoms with Gasteiger partial charge in [0, 0.05) is 22.2 Å². The number of carbonyl (C=O) groups is 2. The molecule has 0 aliphatic rings. The van der Waals surface area contributed by atoms with Crippen molar-refractivity contribution in [1.29, 1.82) is 5.41 Å². The number of thiophene rings is 1. The molecule has 0 aliphatic heterocycles. The first kappa shape index (κ1) is 24.9. The first-order valence-electron chi connectivity index (χ1n) is 8.66. The second kappa shape index (κ2) is 12.4. The monoisotopic (exact) mass is 446 g/mol. The summed E-state index contributed by atoms with van der Waals surface area (Å²) >= 11 is 7.44. The fourth-order valence-electron chi connectivity index (χ4n) is 2.21. The van der Waals surface area contributed by atoms with Crippen LogP contribution in [0, 0.1) is 19.3 Å². The summed E-state index contributed by atoms with van der Waals surface area (Å²) in [7, 11) is 1.38. The van der Waals surface area contributed by atoms with Crippen molar-refractivity contribution in [2.75, 3.05) is 7.11 Å². The minimum atomic E-state index is -0.287. The Hall–Kier alpha value is -3.16. The van der Waals surface area contributed by atoms with Crippen molar-refractivity contribution in [3.63, 3.8) is 0 Å². The zero-order valence-electron chi connectivity index (χ0n) is 16.8. The number of halogens is 1. The van der Waals surface area contributed by atoms with Gasteiger partial charge in [-0.2, -0.15) is 0 Å². The van der Waals surface area contributed by atoms with E-state index in [1.165, 1.54) is 18.4 Å². The van der Waals surface area contributed by atoms with Gasteiger partial charge in [-0.25, -0.2) is 4.79 Å². The number of esters is 1. The predicted molar refractivity (Wildman–Crippen MR) is 122 cm³/mol. The van der Waals surface area contributed by atoms with Crippen molar-refractivity contribution in [2.24, 2.45) is 5.73 Å². The Morgan fingerprint density at radius 1 is 1.20 bits per heavy atom. The van der Waals surface area contributed by atoms with Crippen molar-refractivity contribution >= 4 is 41.5 Å². The topological polar surface area (TPSA) is 113 Å². The number of carbonyl (C=O) groups excluding carboxylic acids is 2. The average Bonchev–Trinajstić information content (AvgIpc) is 3.11. The molecule has 0 bridgehead atoms. The fraction of sp³-hybridized carbons (Fsp3) is 0.136. The van der Waals surface area contributed by atoms with Crippen LogP contribution in [0.4, 0.5) is 0 Å². The molecule has 1 aromatic heterocycles. The lowest BCUT2D eigenvalue weighted by Crippen LogP contribution is -2.00. The molecule has 4 N–H and O–H groups in total. The molecular formula is C22H23ClN2O4S. The van der Waals surface area contributed by atoms with Crippen molar-refractivity contribution in [2.45, 2.75) is 13.8 Å². The van der Waals surface area contributed by atoms with E-state index in [1.807, 2.05) is 44.2 Å². The first-order valence-corrected chi connectivity index (χ1v) is 9.92. The molecule has 30 heavy (non-hydrogen) atoms. The van der Waals surface area contributed by atoms with E-state index in [0.717, 1.165) is 27.8 Å². The highest BCUT2D eigenvalue weighted by atomic mass is 35.5. The number of hydrogen-bond donors (Lipinski definition) is 3. The normalized spacial score (nSPS) is 9.33. The molecule has 3 rings (SSSR count). The molecule has 8 heteroatoms. The molecule has 1 amide bonds. The lowest BCUT2D eigenvalue weighted by atomic mass is 10.1.